The zero-order valence-corrected chi connectivity index (χ0v) is 11.5. The number of aromatic nitrogens is 3. The molecule has 1 unspecified atom stereocenters. The molecule has 7 heteroatoms. The number of amides is 1. The predicted octanol–water partition coefficient (Wildman–Crippen LogP) is 1.13. The second kappa shape index (κ2) is 5.78. The third-order valence-electron chi connectivity index (χ3n) is 4.52. The fraction of sp³-hybridized carbons (Fsp3) is 0.769. The van der Waals surface area contributed by atoms with E-state index >= 15 is 0 Å². The maximum absolute atomic E-state index is 10.9. The Morgan fingerprint density at radius 1 is 1.30 bits per heavy atom. The summed E-state index contributed by atoms with van der Waals surface area (Å²) >= 11 is 0. The average molecular weight is 279 g/mol. The third-order valence-corrected chi connectivity index (χ3v) is 4.52. The van der Waals surface area contributed by atoms with Crippen LogP contribution in [0.5, 0.6) is 0 Å². The van der Waals surface area contributed by atoms with E-state index in [1.54, 1.807) is 6.33 Å². The van der Waals surface area contributed by atoms with Crippen LogP contribution in [0.15, 0.2) is 6.33 Å². The number of nitrogens with zero attached hydrogens (tertiary/aromatic N) is 4. The quantitative estimate of drug-likeness (QED) is 0.847. The predicted molar refractivity (Wildman–Crippen MR) is 72.6 cm³/mol. The van der Waals surface area contributed by atoms with Crippen LogP contribution < -0.4 is 0 Å². The number of carboxylic acid groups (broad SMARTS) is 1. The van der Waals surface area contributed by atoms with Gasteiger partial charge in [-0.05, 0) is 32.2 Å². The van der Waals surface area contributed by atoms with Crippen molar-refractivity contribution in [3.8, 4) is 0 Å². The number of hydrogen-bond donors (Lipinski definition) is 2. The van der Waals surface area contributed by atoms with Crippen LogP contribution in [-0.2, 0) is 0 Å². The standard InChI is InChI=1S/C13H21N5O2/c19-13(20)17-6-3-11(4-7-17)18-5-1-2-10(8-18)12-14-9-15-16-12/h9-11H,1-8H2,(H,19,20)(H,14,15,16). The number of H-pyrrole nitrogens is 1. The van der Waals surface area contributed by atoms with E-state index in [0.29, 0.717) is 25.0 Å². The molecule has 2 N–H and O–H groups in total. The topological polar surface area (TPSA) is 85.3 Å². The first-order chi connectivity index (χ1) is 9.74. The third kappa shape index (κ3) is 2.77. The second-order valence-electron chi connectivity index (χ2n) is 5.71. The Bertz CT molecular complexity index is 442. The number of carbonyl (C=O) groups is 1. The Balaban J connectivity index is 1.57. The lowest BCUT2D eigenvalue weighted by molar-refractivity contribution is 0.0785. The molecule has 110 valence electrons. The van der Waals surface area contributed by atoms with Crippen LogP contribution in [-0.4, -0.2) is 68.4 Å². The molecular weight excluding hydrogens is 258 g/mol. The zero-order valence-electron chi connectivity index (χ0n) is 11.5. The fourth-order valence-corrected chi connectivity index (χ4v) is 3.40. The molecule has 0 saturated carbocycles. The van der Waals surface area contributed by atoms with E-state index in [4.69, 9.17) is 5.11 Å². The number of piperidine rings is 2. The Hall–Kier alpha value is -1.63. The summed E-state index contributed by atoms with van der Waals surface area (Å²) in [5, 5.41) is 15.9. The maximum atomic E-state index is 10.9. The van der Waals surface area contributed by atoms with Crippen LogP contribution in [0.4, 0.5) is 4.79 Å². The molecule has 2 saturated heterocycles. The van der Waals surface area contributed by atoms with Gasteiger partial charge in [-0.3, -0.25) is 10.00 Å². The molecular formula is C13H21N5O2. The number of rotatable bonds is 2. The van der Waals surface area contributed by atoms with E-state index in [9.17, 15) is 4.79 Å². The first-order valence-corrected chi connectivity index (χ1v) is 7.31. The molecule has 0 aromatic carbocycles. The van der Waals surface area contributed by atoms with E-state index in [-0.39, 0.29) is 0 Å². The highest BCUT2D eigenvalue weighted by Crippen LogP contribution is 2.28. The summed E-state index contributed by atoms with van der Waals surface area (Å²) in [6.45, 7) is 3.43. The van der Waals surface area contributed by atoms with Gasteiger partial charge in [-0.25, -0.2) is 9.78 Å². The number of nitrogens with one attached hydrogen (secondary N) is 1. The van der Waals surface area contributed by atoms with Crippen molar-refractivity contribution in [2.45, 2.75) is 37.6 Å². The number of likely N-dealkylation sites (tertiary alicyclic amines) is 2. The van der Waals surface area contributed by atoms with Crippen LogP contribution >= 0.6 is 0 Å². The van der Waals surface area contributed by atoms with Crippen molar-refractivity contribution in [2.24, 2.45) is 0 Å². The Morgan fingerprint density at radius 2 is 2.10 bits per heavy atom. The van der Waals surface area contributed by atoms with E-state index in [1.807, 2.05) is 0 Å². The average Bonchev–Trinajstić information content (AvgIpc) is 3.02. The van der Waals surface area contributed by atoms with Gasteiger partial charge in [0, 0.05) is 31.6 Å². The minimum Gasteiger partial charge on any atom is -0.465 e. The molecule has 1 atom stereocenters. The van der Waals surface area contributed by atoms with Gasteiger partial charge in [0.15, 0.2) is 0 Å². The van der Waals surface area contributed by atoms with Gasteiger partial charge in [0.05, 0.1) is 0 Å². The normalized spacial score (nSPS) is 25.8. The molecule has 3 heterocycles. The van der Waals surface area contributed by atoms with Crippen molar-refractivity contribution in [3.63, 3.8) is 0 Å². The largest absolute Gasteiger partial charge is 0.465 e. The summed E-state index contributed by atoms with van der Waals surface area (Å²) in [7, 11) is 0. The van der Waals surface area contributed by atoms with Gasteiger partial charge in [-0.1, -0.05) is 0 Å². The molecule has 0 spiro atoms. The van der Waals surface area contributed by atoms with Crippen LogP contribution in [0, 0.1) is 0 Å². The van der Waals surface area contributed by atoms with Gasteiger partial charge in [0.2, 0.25) is 0 Å². The van der Waals surface area contributed by atoms with Crippen molar-refractivity contribution in [1.82, 2.24) is 25.0 Å². The highest BCUT2D eigenvalue weighted by atomic mass is 16.4. The molecule has 1 amide bonds. The van der Waals surface area contributed by atoms with Crippen LogP contribution in [0.25, 0.3) is 0 Å². The molecule has 2 fully saturated rings. The van der Waals surface area contributed by atoms with Crippen LogP contribution in [0.2, 0.25) is 0 Å². The molecule has 3 rings (SSSR count). The summed E-state index contributed by atoms with van der Waals surface area (Å²) in [6.07, 6.45) is 4.98. The maximum Gasteiger partial charge on any atom is 0.407 e. The monoisotopic (exact) mass is 279 g/mol. The van der Waals surface area contributed by atoms with Gasteiger partial charge < -0.3 is 10.0 Å². The molecule has 0 aliphatic carbocycles. The molecule has 1 aromatic heterocycles. The molecule has 20 heavy (non-hydrogen) atoms. The summed E-state index contributed by atoms with van der Waals surface area (Å²) in [6, 6.07) is 0.510. The van der Waals surface area contributed by atoms with Gasteiger partial charge in [-0.2, -0.15) is 5.10 Å². The van der Waals surface area contributed by atoms with Gasteiger partial charge in [-0.15, -0.1) is 0 Å². The van der Waals surface area contributed by atoms with Gasteiger partial charge in [0.1, 0.15) is 12.2 Å². The smallest absolute Gasteiger partial charge is 0.407 e. The molecule has 2 aliphatic rings. The summed E-state index contributed by atoms with van der Waals surface area (Å²) in [5.74, 6) is 1.42. The zero-order chi connectivity index (χ0) is 13.9. The first-order valence-electron chi connectivity index (χ1n) is 7.31. The number of aromatic amines is 1. The molecule has 0 radical (unpaired) electrons. The second-order valence-corrected chi connectivity index (χ2v) is 5.71. The van der Waals surface area contributed by atoms with E-state index in [1.165, 1.54) is 11.3 Å². The fourth-order valence-electron chi connectivity index (χ4n) is 3.40. The van der Waals surface area contributed by atoms with E-state index in [2.05, 4.69) is 20.1 Å². The van der Waals surface area contributed by atoms with Crippen molar-refractivity contribution >= 4 is 6.09 Å². The Labute approximate surface area is 118 Å². The first kappa shape index (κ1) is 13.4. The van der Waals surface area contributed by atoms with Crippen molar-refractivity contribution in [3.05, 3.63) is 12.2 Å². The van der Waals surface area contributed by atoms with Crippen molar-refractivity contribution in [1.29, 1.82) is 0 Å². The van der Waals surface area contributed by atoms with E-state index in [0.717, 1.165) is 38.2 Å². The summed E-state index contributed by atoms with van der Waals surface area (Å²) in [5.41, 5.74) is 0. The van der Waals surface area contributed by atoms with Crippen molar-refractivity contribution in [2.75, 3.05) is 26.2 Å². The Kier molecular flexibility index (Phi) is 3.86. The van der Waals surface area contributed by atoms with Crippen molar-refractivity contribution < 1.29 is 9.90 Å². The highest BCUT2D eigenvalue weighted by molar-refractivity contribution is 5.65. The molecule has 7 nitrogen and oxygen atoms in total. The lowest BCUT2D eigenvalue weighted by atomic mass is 9.93. The van der Waals surface area contributed by atoms with Crippen LogP contribution in [0.1, 0.15) is 37.4 Å². The minimum absolute atomic E-state index is 0.434. The number of hydrogen-bond acceptors (Lipinski definition) is 4. The SMILES string of the molecule is O=C(O)N1CCC(N2CCCC(c3ncn[nH]3)C2)CC1. The highest BCUT2D eigenvalue weighted by Gasteiger charge is 2.31. The summed E-state index contributed by atoms with van der Waals surface area (Å²) < 4.78 is 0. The molecule has 0 bridgehead atoms. The van der Waals surface area contributed by atoms with Gasteiger partial charge >= 0.3 is 6.09 Å². The lowest BCUT2D eigenvalue weighted by Crippen LogP contribution is -2.49. The van der Waals surface area contributed by atoms with Gasteiger partial charge in [0.25, 0.3) is 0 Å². The lowest BCUT2D eigenvalue weighted by Gasteiger charge is -2.41. The Morgan fingerprint density at radius 3 is 2.75 bits per heavy atom. The van der Waals surface area contributed by atoms with E-state index < -0.39 is 6.09 Å². The minimum atomic E-state index is -0.790. The van der Waals surface area contributed by atoms with Crippen LogP contribution in [0.3, 0.4) is 0 Å². The summed E-state index contributed by atoms with van der Waals surface area (Å²) in [4.78, 5) is 19.2. The molecule has 2 aliphatic heterocycles. The molecule has 1 aromatic rings.